The summed E-state index contributed by atoms with van der Waals surface area (Å²) in [5, 5.41) is 0. The summed E-state index contributed by atoms with van der Waals surface area (Å²) in [5.74, 6) is 0.886. The van der Waals surface area contributed by atoms with Crippen LogP contribution in [-0.2, 0) is 13.1 Å². The molecule has 0 bridgehead atoms. The van der Waals surface area contributed by atoms with Crippen molar-refractivity contribution in [2.45, 2.75) is 32.4 Å². The van der Waals surface area contributed by atoms with Crippen molar-refractivity contribution in [3.8, 4) is 0 Å². The van der Waals surface area contributed by atoms with Crippen LogP contribution in [0.4, 0.5) is 0 Å². The number of hydrogen-bond acceptors (Lipinski definition) is 3. The molecule has 0 unspecified atom stereocenters. The smallest absolute Gasteiger partial charge is 0.117 e. The average Bonchev–Trinajstić information content (AvgIpc) is 2.67. The van der Waals surface area contributed by atoms with Crippen molar-refractivity contribution in [1.82, 2.24) is 4.90 Å². The Bertz CT molecular complexity index is 277. The highest BCUT2D eigenvalue weighted by molar-refractivity contribution is 5.12. The standard InChI is InChI=1S/C11H18N2O/c12-7-11-6-10(9-14-11)8-13-4-2-1-3-5-13/h6,9H,1-5,7-8,12H2. The number of piperidine rings is 1. The number of nitrogens with two attached hydrogens (primary N) is 1. The van der Waals surface area contributed by atoms with Gasteiger partial charge in [-0.05, 0) is 32.0 Å². The molecule has 2 heterocycles. The third-order valence-electron chi connectivity index (χ3n) is 2.76. The lowest BCUT2D eigenvalue weighted by Crippen LogP contribution is -2.28. The predicted molar refractivity (Wildman–Crippen MR) is 55.7 cm³/mol. The molecule has 0 atom stereocenters. The molecule has 14 heavy (non-hydrogen) atoms. The van der Waals surface area contributed by atoms with Crippen LogP contribution < -0.4 is 5.73 Å². The third-order valence-corrected chi connectivity index (χ3v) is 2.76. The molecule has 0 amide bonds. The quantitative estimate of drug-likeness (QED) is 0.796. The van der Waals surface area contributed by atoms with Crippen LogP contribution in [0.1, 0.15) is 30.6 Å². The van der Waals surface area contributed by atoms with E-state index in [1.165, 1.54) is 37.9 Å². The molecule has 1 aliphatic heterocycles. The molecule has 0 radical (unpaired) electrons. The summed E-state index contributed by atoms with van der Waals surface area (Å²) in [7, 11) is 0. The molecule has 1 fully saturated rings. The molecule has 0 aliphatic carbocycles. The normalized spacial score (nSPS) is 18.6. The summed E-state index contributed by atoms with van der Waals surface area (Å²) >= 11 is 0. The fourth-order valence-corrected chi connectivity index (χ4v) is 1.99. The molecule has 78 valence electrons. The first-order valence-electron chi connectivity index (χ1n) is 5.37. The lowest BCUT2D eigenvalue weighted by molar-refractivity contribution is 0.220. The van der Waals surface area contributed by atoms with Crippen molar-refractivity contribution >= 4 is 0 Å². The van der Waals surface area contributed by atoms with E-state index in [1.807, 2.05) is 6.26 Å². The Morgan fingerprint density at radius 2 is 2.07 bits per heavy atom. The SMILES string of the molecule is NCc1cc(CN2CCCCC2)co1. The van der Waals surface area contributed by atoms with Gasteiger partial charge in [0.2, 0.25) is 0 Å². The molecule has 2 rings (SSSR count). The van der Waals surface area contributed by atoms with Gasteiger partial charge in [0.15, 0.2) is 0 Å². The number of furan rings is 1. The van der Waals surface area contributed by atoms with Gasteiger partial charge in [-0.25, -0.2) is 0 Å². The highest BCUT2D eigenvalue weighted by atomic mass is 16.3. The number of nitrogens with zero attached hydrogens (tertiary/aromatic N) is 1. The van der Waals surface area contributed by atoms with Gasteiger partial charge in [0, 0.05) is 12.1 Å². The first kappa shape index (κ1) is 9.74. The maximum atomic E-state index is 5.49. The second-order valence-corrected chi connectivity index (χ2v) is 3.96. The number of rotatable bonds is 3. The molecule has 1 aromatic rings. The molecule has 0 saturated carbocycles. The van der Waals surface area contributed by atoms with E-state index < -0.39 is 0 Å². The van der Waals surface area contributed by atoms with Gasteiger partial charge >= 0.3 is 0 Å². The maximum absolute atomic E-state index is 5.49. The lowest BCUT2D eigenvalue weighted by Gasteiger charge is -2.25. The summed E-state index contributed by atoms with van der Waals surface area (Å²) in [5.41, 5.74) is 6.75. The lowest BCUT2D eigenvalue weighted by atomic mass is 10.1. The fraction of sp³-hybridized carbons (Fsp3) is 0.636. The Morgan fingerprint density at radius 3 is 2.71 bits per heavy atom. The number of likely N-dealkylation sites (tertiary alicyclic amines) is 1. The van der Waals surface area contributed by atoms with Crippen LogP contribution >= 0.6 is 0 Å². The van der Waals surface area contributed by atoms with Crippen molar-refractivity contribution < 1.29 is 4.42 Å². The van der Waals surface area contributed by atoms with Gasteiger partial charge in [0.05, 0.1) is 12.8 Å². The van der Waals surface area contributed by atoms with E-state index in [0.29, 0.717) is 6.54 Å². The van der Waals surface area contributed by atoms with E-state index in [2.05, 4.69) is 11.0 Å². The topological polar surface area (TPSA) is 42.4 Å². The van der Waals surface area contributed by atoms with Crippen LogP contribution in [0.5, 0.6) is 0 Å². The second kappa shape index (κ2) is 4.62. The highest BCUT2D eigenvalue weighted by Gasteiger charge is 2.11. The maximum Gasteiger partial charge on any atom is 0.117 e. The Balaban J connectivity index is 1.89. The van der Waals surface area contributed by atoms with Crippen LogP contribution in [0.25, 0.3) is 0 Å². The summed E-state index contributed by atoms with van der Waals surface area (Å²) in [6, 6.07) is 2.06. The molecule has 1 saturated heterocycles. The summed E-state index contributed by atoms with van der Waals surface area (Å²) in [6.07, 6.45) is 5.88. The van der Waals surface area contributed by atoms with E-state index in [-0.39, 0.29) is 0 Å². The van der Waals surface area contributed by atoms with E-state index >= 15 is 0 Å². The van der Waals surface area contributed by atoms with Gasteiger partial charge < -0.3 is 10.2 Å². The van der Waals surface area contributed by atoms with Crippen molar-refractivity contribution in [2.75, 3.05) is 13.1 Å². The molecule has 0 spiro atoms. The van der Waals surface area contributed by atoms with Crippen LogP contribution in [0, 0.1) is 0 Å². The molecule has 3 nitrogen and oxygen atoms in total. The Hall–Kier alpha value is -0.800. The molecule has 0 aromatic carbocycles. The molecule has 1 aromatic heterocycles. The van der Waals surface area contributed by atoms with Gasteiger partial charge in [-0.3, -0.25) is 4.90 Å². The molecular formula is C11H18N2O. The van der Waals surface area contributed by atoms with Gasteiger partial charge in [0.1, 0.15) is 5.76 Å². The summed E-state index contributed by atoms with van der Waals surface area (Å²) in [4.78, 5) is 2.48. The van der Waals surface area contributed by atoms with Crippen molar-refractivity contribution in [1.29, 1.82) is 0 Å². The van der Waals surface area contributed by atoms with Gasteiger partial charge in [-0.1, -0.05) is 6.42 Å². The number of hydrogen-bond donors (Lipinski definition) is 1. The fourth-order valence-electron chi connectivity index (χ4n) is 1.99. The van der Waals surface area contributed by atoms with Crippen molar-refractivity contribution in [3.63, 3.8) is 0 Å². The Kier molecular flexibility index (Phi) is 3.22. The average molecular weight is 194 g/mol. The first-order chi connectivity index (χ1) is 6.88. The Labute approximate surface area is 84.9 Å². The third kappa shape index (κ3) is 2.36. The molecule has 3 heteroatoms. The molecule has 1 aliphatic rings. The van der Waals surface area contributed by atoms with Crippen LogP contribution in [0.3, 0.4) is 0 Å². The minimum absolute atomic E-state index is 0.500. The van der Waals surface area contributed by atoms with E-state index in [9.17, 15) is 0 Å². The Morgan fingerprint density at radius 1 is 1.29 bits per heavy atom. The molecular weight excluding hydrogens is 176 g/mol. The zero-order valence-electron chi connectivity index (χ0n) is 8.54. The van der Waals surface area contributed by atoms with Crippen LogP contribution in [0.2, 0.25) is 0 Å². The van der Waals surface area contributed by atoms with Crippen molar-refractivity contribution in [3.05, 3.63) is 23.7 Å². The molecule has 2 N–H and O–H groups in total. The largest absolute Gasteiger partial charge is 0.468 e. The highest BCUT2D eigenvalue weighted by Crippen LogP contribution is 2.14. The zero-order valence-corrected chi connectivity index (χ0v) is 8.54. The van der Waals surface area contributed by atoms with Gasteiger partial charge in [-0.2, -0.15) is 0 Å². The van der Waals surface area contributed by atoms with E-state index in [4.69, 9.17) is 10.2 Å². The predicted octanol–water partition coefficient (Wildman–Crippen LogP) is 1.72. The minimum Gasteiger partial charge on any atom is -0.468 e. The van der Waals surface area contributed by atoms with E-state index in [1.54, 1.807) is 0 Å². The summed E-state index contributed by atoms with van der Waals surface area (Å²) in [6.45, 7) is 3.97. The first-order valence-corrected chi connectivity index (χ1v) is 5.37. The zero-order chi connectivity index (χ0) is 9.80. The monoisotopic (exact) mass is 194 g/mol. The second-order valence-electron chi connectivity index (χ2n) is 3.96. The van der Waals surface area contributed by atoms with Gasteiger partial charge in [0.25, 0.3) is 0 Å². The van der Waals surface area contributed by atoms with Crippen LogP contribution in [0.15, 0.2) is 16.7 Å². The summed E-state index contributed by atoms with van der Waals surface area (Å²) < 4.78 is 5.30. The minimum atomic E-state index is 0.500. The van der Waals surface area contributed by atoms with E-state index in [0.717, 1.165) is 12.3 Å². The van der Waals surface area contributed by atoms with Crippen LogP contribution in [-0.4, -0.2) is 18.0 Å². The van der Waals surface area contributed by atoms with Crippen molar-refractivity contribution in [2.24, 2.45) is 5.73 Å². The van der Waals surface area contributed by atoms with Gasteiger partial charge in [-0.15, -0.1) is 0 Å².